The third kappa shape index (κ3) is 5.14. The zero-order valence-electron chi connectivity index (χ0n) is 11.1. The lowest BCUT2D eigenvalue weighted by Gasteiger charge is -2.19. The van der Waals surface area contributed by atoms with Gasteiger partial charge in [0.2, 0.25) is 0 Å². The Labute approximate surface area is 107 Å². The predicted octanol–water partition coefficient (Wildman–Crippen LogP) is 1.86. The van der Waals surface area contributed by atoms with E-state index in [1.807, 2.05) is 0 Å². The third-order valence-corrected chi connectivity index (χ3v) is 1.96. The lowest BCUT2D eigenvalue weighted by atomic mass is 10.2. The van der Waals surface area contributed by atoms with Crippen LogP contribution in [0.1, 0.15) is 39.5 Å². The molecule has 1 heterocycles. The van der Waals surface area contributed by atoms with Gasteiger partial charge in [-0.1, -0.05) is 0 Å². The van der Waals surface area contributed by atoms with Gasteiger partial charge in [-0.15, -0.1) is 0 Å². The van der Waals surface area contributed by atoms with Crippen LogP contribution >= 0.6 is 0 Å². The summed E-state index contributed by atoms with van der Waals surface area (Å²) in [5, 5.41) is 9.28. The van der Waals surface area contributed by atoms with E-state index in [1.54, 1.807) is 39.8 Å². The van der Waals surface area contributed by atoms with Crippen molar-refractivity contribution in [1.29, 1.82) is 0 Å². The normalized spacial score (nSPS) is 12.9. The maximum absolute atomic E-state index is 11.4. The SMILES string of the molecule is CC(O)c1ccc(OCC(=O)OC(C)(C)C)cn1. The number of hydrogen-bond donors (Lipinski definition) is 1. The van der Waals surface area contributed by atoms with Gasteiger partial charge in [-0.2, -0.15) is 0 Å². The van der Waals surface area contributed by atoms with Crippen LogP contribution in [0.25, 0.3) is 0 Å². The topological polar surface area (TPSA) is 68.7 Å². The molecule has 0 aromatic carbocycles. The maximum atomic E-state index is 11.4. The molecule has 1 atom stereocenters. The molecular weight excluding hydrogens is 234 g/mol. The number of pyridine rings is 1. The van der Waals surface area contributed by atoms with Gasteiger partial charge in [0, 0.05) is 0 Å². The van der Waals surface area contributed by atoms with Gasteiger partial charge in [0.25, 0.3) is 0 Å². The number of rotatable bonds is 4. The zero-order chi connectivity index (χ0) is 13.8. The van der Waals surface area contributed by atoms with Crippen molar-refractivity contribution in [2.45, 2.75) is 39.4 Å². The first-order chi connectivity index (χ1) is 8.28. The molecule has 0 spiro atoms. The van der Waals surface area contributed by atoms with E-state index in [-0.39, 0.29) is 6.61 Å². The van der Waals surface area contributed by atoms with Crippen molar-refractivity contribution < 1.29 is 19.4 Å². The van der Waals surface area contributed by atoms with Gasteiger partial charge in [0.05, 0.1) is 18.0 Å². The fourth-order valence-corrected chi connectivity index (χ4v) is 1.24. The second-order valence-corrected chi connectivity index (χ2v) is 4.97. The average molecular weight is 253 g/mol. The quantitative estimate of drug-likeness (QED) is 0.829. The molecule has 0 aliphatic heterocycles. The average Bonchev–Trinajstić information content (AvgIpc) is 2.24. The van der Waals surface area contributed by atoms with Crippen molar-refractivity contribution >= 4 is 5.97 Å². The molecule has 18 heavy (non-hydrogen) atoms. The van der Waals surface area contributed by atoms with Crippen LogP contribution in [0.15, 0.2) is 18.3 Å². The highest BCUT2D eigenvalue weighted by atomic mass is 16.6. The molecule has 100 valence electrons. The van der Waals surface area contributed by atoms with E-state index in [1.165, 1.54) is 6.20 Å². The van der Waals surface area contributed by atoms with Gasteiger partial charge >= 0.3 is 5.97 Å². The minimum Gasteiger partial charge on any atom is -0.480 e. The highest BCUT2D eigenvalue weighted by Crippen LogP contribution is 2.14. The molecule has 0 radical (unpaired) electrons. The van der Waals surface area contributed by atoms with E-state index in [9.17, 15) is 9.90 Å². The van der Waals surface area contributed by atoms with Crippen LogP contribution in [0.3, 0.4) is 0 Å². The highest BCUT2D eigenvalue weighted by molar-refractivity contribution is 5.71. The Morgan fingerprint density at radius 2 is 2.11 bits per heavy atom. The minimum atomic E-state index is -0.620. The summed E-state index contributed by atoms with van der Waals surface area (Å²) in [5.41, 5.74) is 0.0362. The van der Waals surface area contributed by atoms with Crippen LogP contribution in [0.4, 0.5) is 0 Å². The Morgan fingerprint density at radius 3 is 2.56 bits per heavy atom. The van der Waals surface area contributed by atoms with Crippen molar-refractivity contribution in [3.05, 3.63) is 24.0 Å². The van der Waals surface area contributed by atoms with Crippen LogP contribution in [0, 0.1) is 0 Å². The van der Waals surface area contributed by atoms with Gasteiger partial charge in [-0.25, -0.2) is 4.79 Å². The molecule has 1 rings (SSSR count). The number of carbonyl (C=O) groups excluding carboxylic acids is 1. The summed E-state index contributed by atoms with van der Waals surface area (Å²) in [6.45, 7) is 6.86. The van der Waals surface area contributed by atoms with Crippen molar-refractivity contribution in [3.8, 4) is 5.75 Å². The van der Waals surface area contributed by atoms with Crippen molar-refractivity contribution in [2.75, 3.05) is 6.61 Å². The fourth-order valence-electron chi connectivity index (χ4n) is 1.24. The molecule has 1 aromatic heterocycles. The molecule has 0 amide bonds. The lowest BCUT2D eigenvalue weighted by molar-refractivity contribution is -0.157. The van der Waals surface area contributed by atoms with Gasteiger partial charge in [0.1, 0.15) is 11.4 Å². The fraction of sp³-hybridized carbons (Fsp3) is 0.538. The lowest BCUT2D eigenvalue weighted by Crippen LogP contribution is -2.27. The summed E-state index contributed by atoms with van der Waals surface area (Å²) in [5.74, 6) is 0.0346. The number of carbonyl (C=O) groups is 1. The first-order valence-corrected chi connectivity index (χ1v) is 5.76. The summed E-state index contributed by atoms with van der Waals surface area (Å²) in [4.78, 5) is 15.4. The Hall–Kier alpha value is -1.62. The van der Waals surface area contributed by atoms with Crippen molar-refractivity contribution in [1.82, 2.24) is 4.98 Å². The number of hydrogen-bond acceptors (Lipinski definition) is 5. The first-order valence-electron chi connectivity index (χ1n) is 5.76. The molecule has 0 bridgehead atoms. The Kier molecular flexibility index (Phi) is 4.67. The van der Waals surface area contributed by atoms with E-state index < -0.39 is 17.7 Å². The van der Waals surface area contributed by atoms with E-state index in [4.69, 9.17) is 9.47 Å². The second-order valence-electron chi connectivity index (χ2n) is 4.97. The van der Waals surface area contributed by atoms with Crippen LogP contribution in [0.5, 0.6) is 5.75 Å². The Balaban J connectivity index is 2.46. The molecule has 1 unspecified atom stereocenters. The van der Waals surface area contributed by atoms with Crippen LogP contribution in [-0.2, 0) is 9.53 Å². The van der Waals surface area contributed by atoms with Gasteiger partial charge in [-0.3, -0.25) is 4.98 Å². The van der Waals surface area contributed by atoms with Crippen LogP contribution in [0.2, 0.25) is 0 Å². The molecule has 5 nitrogen and oxygen atoms in total. The smallest absolute Gasteiger partial charge is 0.344 e. The summed E-state index contributed by atoms with van der Waals surface area (Å²) >= 11 is 0. The zero-order valence-corrected chi connectivity index (χ0v) is 11.1. The van der Waals surface area contributed by atoms with Gasteiger partial charge in [-0.05, 0) is 39.8 Å². The number of aliphatic hydroxyl groups is 1. The van der Waals surface area contributed by atoms with E-state index in [2.05, 4.69) is 4.98 Å². The minimum absolute atomic E-state index is 0.160. The molecule has 0 saturated heterocycles. The Morgan fingerprint density at radius 1 is 1.44 bits per heavy atom. The molecule has 0 fully saturated rings. The highest BCUT2D eigenvalue weighted by Gasteiger charge is 2.16. The summed E-state index contributed by atoms with van der Waals surface area (Å²) in [6.07, 6.45) is 0.844. The summed E-state index contributed by atoms with van der Waals surface area (Å²) < 4.78 is 10.3. The largest absolute Gasteiger partial charge is 0.480 e. The predicted molar refractivity (Wildman–Crippen MR) is 66.2 cm³/mol. The number of aliphatic hydroxyl groups excluding tert-OH is 1. The molecule has 0 saturated carbocycles. The van der Waals surface area contributed by atoms with E-state index in [0.717, 1.165) is 0 Å². The molecule has 5 heteroatoms. The second kappa shape index (κ2) is 5.82. The maximum Gasteiger partial charge on any atom is 0.344 e. The first kappa shape index (κ1) is 14.4. The molecule has 0 aliphatic rings. The third-order valence-electron chi connectivity index (χ3n) is 1.96. The molecular formula is C13H19NO4. The van der Waals surface area contributed by atoms with Gasteiger partial charge in [0.15, 0.2) is 6.61 Å². The number of nitrogens with zero attached hydrogens (tertiary/aromatic N) is 1. The van der Waals surface area contributed by atoms with E-state index in [0.29, 0.717) is 11.4 Å². The van der Waals surface area contributed by atoms with Crippen molar-refractivity contribution in [3.63, 3.8) is 0 Å². The molecule has 0 aliphatic carbocycles. The number of aromatic nitrogens is 1. The number of esters is 1. The summed E-state index contributed by atoms with van der Waals surface area (Å²) in [6, 6.07) is 3.30. The molecule has 1 N–H and O–H groups in total. The van der Waals surface area contributed by atoms with Crippen LogP contribution in [-0.4, -0.2) is 28.3 Å². The number of ether oxygens (including phenoxy) is 2. The monoisotopic (exact) mass is 253 g/mol. The Bertz CT molecular complexity index is 392. The van der Waals surface area contributed by atoms with Gasteiger partial charge < -0.3 is 14.6 Å². The molecule has 1 aromatic rings. The standard InChI is InChI=1S/C13H19NO4/c1-9(15)11-6-5-10(7-14-11)17-8-12(16)18-13(2,3)4/h5-7,9,15H,8H2,1-4H3. The summed E-state index contributed by atoms with van der Waals surface area (Å²) in [7, 11) is 0. The van der Waals surface area contributed by atoms with Crippen molar-refractivity contribution in [2.24, 2.45) is 0 Å². The van der Waals surface area contributed by atoms with E-state index >= 15 is 0 Å². The van der Waals surface area contributed by atoms with Crippen LogP contribution < -0.4 is 4.74 Å².